The van der Waals surface area contributed by atoms with Crippen LogP contribution in [0.25, 0.3) is 0 Å². The lowest BCUT2D eigenvalue weighted by atomic mass is 10.0. The Hall–Kier alpha value is -1.26. The number of rotatable bonds is 3. The zero-order chi connectivity index (χ0) is 10.9. The molecule has 1 heterocycles. The summed E-state index contributed by atoms with van der Waals surface area (Å²) in [6, 6.07) is -0.843. The second-order valence-electron chi connectivity index (χ2n) is 3.95. The zero-order valence-corrected chi connectivity index (χ0v) is 8.56. The van der Waals surface area contributed by atoms with Gasteiger partial charge in [-0.05, 0) is 12.3 Å². The lowest BCUT2D eigenvalue weighted by molar-refractivity contribution is -0.142. The van der Waals surface area contributed by atoms with Crippen LogP contribution in [0.15, 0.2) is 0 Å². The van der Waals surface area contributed by atoms with Gasteiger partial charge in [0.05, 0.1) is 0 Å². The van der Waals surface area contributed by atoms with Crippen molar-refractivity contribution < 1.29 is 19.4 Å². The maximum atomic E-state index is 11.1. The number of carboxylic acid groups (broad SMARTS) is 1. The summed E-state index contributed by atoms with van der Waals surface area (Å²) >= 11 is 0. The van der Waals surface area contributed by atoms with Crippen molar-refractivity contribution in [3.8, 4) is 0 Å². The highest BCUT2D eigenvalue weighted by atomic mass is 16.6. The Morgan fingerprint density at radius 2 is 2.21 bits per heavy atom. The minimum absolute atomic E-state index is 0.307. The van der Waals surface area contributed by atoms with Crippen LogP contribution >= 0.6 is 0 Å². The maximum Gasteiger partial charge on any atom is 0.410 e. The van der Waals surface area contributed by atoms with Gasteiger partial charge in [-0.15, -0.1) is 0 Å². The van der Waals surface area contributed by atoms with E-state index in [2.05, 4.69) is 0 Å². The summed E-state index contributed by atoms with van der Waals surface area (Å²) in [4.78, 5) is 23.1. The number of likely N-dealkylation sites (N-methyl/N-ethyl adjacent to an activating group) is 1. The second-order valence-corrected chi connectivity index (χ2v) is 3.95. The van der Waals surface area contributed by atoms with Crippen LogP contribution in [0.4, 0.5) is 4.79 Å². The number of carbonyl (C=O) groups excluding carboxylic acids is 1. The van der Waals surface area contributed by atoms with E-state index < -0.39 is 24.2 Å². The number of ether oxygens (including phenoxy) is 1. The SMILES string of the molecule is CC(C)CC1OC(=O)N(C)C1C(=O)O. The summed E-state index contributed by atoms with van der Waals surface area (Å²) in [6.45, 7) is 3.93. The van der Waals surface area contributed by atoms with E-state index in [0.717, 1.165) is 4.90 Å². The summed E-state index contributed by atoms with van der Waals surface area (Å²) in [5.74, 6) is -0.704. The molecule has 0 aromatic heterocycles. The van der Waals surface area contributed by atoms with Crippen molar-refractivity contribution in [3.05, 3.63) is 0 Å². The number of hydrogen-bond acceptors (Lipinski definition) is 3. The Kier molecular flexibility index (Phi) is 2.98. The molecule has 5 heteroatoms. The van der Waals surface area contributed by atoms with Crippen LogP contribution in [0.3, 0.4) is 0 Å². The summed E-state index contributed by atoms with van der Waals surface area (Å²) in [5, 5.41) is 8.91. The van der Waals surface area contributed by atoms with E-state index in [4.69, 9.17) is 9.84 Å². The highest BCUT2D eigenvalue weighted by Gasteiger charge is 2.44. The van der Waals surface area contributed by atoms with Crippen molar-refractivity contribution in [2.75, 3.05) is 7.05 Å². The molecule has 0 aliphatic carbocycles. The summed E-state index contributed by atoms with van der Waals surface area (Å²) < 4.78 is 4.96. The number of nitrogens with zero attached hydrogens (tertiary/aromatic N) is 1. The van der Waals surface area contributed by atoms with E-state index in [1.807, 2.05) is 13.8 Å². The van der Waals surface area contributed by atoms with Gasteiger partial charge in [-0.1, -0.05) is 13.8 Å². The molecule has 1 saturated heterocycles. The van der Waals surface area contributed by atoms with E-state index in [1.54, 1.807) is 0 Å². The highest BCUT2D eigenvalue weighted by Crippen LogP contribution is 2.23. The van der Waals surface area contributed by atoms with Gasteiger partial charge in [0.25, 0.3) is 0 Å². The van der Waals surface area contributed by atoms with Crippen molar-refractivity contribution >= 4 is 12.1 Å². The van der Waals surface area contributed by atoms with Gasteiger partial charge in [0, 0.05) is 7.05 Å². The fourth-order valence-corrected chi connectivity index (χ4v) is 1.61. The smallest absolute Gasteiger partial charge is 0.410 e. The first kappa shape index (κ1) is 10.8. The number of hydrogen-bond donors (Lipinski definition) is 1. The molecule has 0 spiro atoms. The van der Waals surface area contributed by atoms with Crippen molar-refractivity contribution in [1.29, 1.82) is 0 Å². The molecule has 0 saturated carbocycles. The quantitative estimate of drug-likeness (QED) is 0.737. The van der Waals surface area contributed by atoms with Gasteiger partial charge in [-0.3, -0.25) is 4.90 Å². The van der Waals surface area contributed by atoms with E-state index in [-0.39, 0.29) is 0 Å². The lowest BCUT2D eigenvalue weighted by Gasteiger charge is -2.17. The number of amides is 1. The molecule has 0 bridgehead atoms. The van der Waals surface area contributed by atoms with Crippen LogP contribution in [0.2, 0.25) is 0 Å². The van der Waals surface area contributed by atoms with Crippen LogP contribution in [-0.4, -0.2) is 41.3 Å². The fraction of sp³-hybridized carbons (Fsp3) is 0.778. The monoisotopic (exact) mass is 201 g/mol. The molecule has 0 radical (unpaired) electrons. The first-order valence-corrected chi connectivity index (χ1v) is 4.59. The van der Waals surface area contributed by atoms with Gasteiger partial charge >= 0.3 is 12.1 Å². The third kappa shape index (κ3) is 1.97. The standard InChI is InChI=1S/C9H15NO4/c1-5(2)4-6-7(8(11)12)10(3)9(13)14-6/h5-7H,4H2,1-3H3,(H,11,12). The van der Waals surface area contributed by atoms with Crippen LogP contribution in [-0.2, 0) is 9.53 Å². The molecule has 5 nitrogen and oxygen atoms in total. The van der Waals surface area contributed by atoms with Gasteiger partial charge in [-0.25, -0.2) is 9.59 Å². The molecule has 0 aromatic rings. The molecular formula is C9H15NO4. The largest absolute Gasteiger partial charge is 0.480 e. The molecule has 14 heavy (non-hydrogen) atoms. The Morgan fingerprint density at radius 3 is 2.64 bits per heavy atom. The Morgan fingerprint density at radius 1 is 1.64 bits per heavy atom. The lowest BCUT2D eigenvalue weighted by Crippen LogP contribution is -2.41. The summed E-state index contributed by atoms with van der Waals surface area (Å²) in [5.41, 5.74) is 0. The molecule has 0 aromatic carbocycles. The van der Waals surface area contributed by atoms with E-state index in [1.165, 1.54) is 7.05 Å². The predicted molar refractivity (Wildman–Crippen MR) is 48.9 cm³/mol. The molecular weight excluding hydrogens is 186 g/mol. The topological polar surface area (TPSA) is 66.8 Å². The Balaban J connectivity index is 2.75. The Bertz CT molecular complexity index is 251. The Labute approximate surface area is 82.6 Å². The van der Waals surface area contributed by atoms with Crippen molar-refractivity contribution in [3.63, 3.8) is 0 Å². The predicted octanol–water partition coefficient (Wildman–Crippen LogP) is 0.936. The number of cyclic esters (lactones) is 1. The molecule has 1 fully saturated rings. The second kappa shape index (κ2) is 3.86. The molecule has 2 unspecified atom stereocenters. The minimum Gasteiger partial charge on any atom is -0.480 e. The number of aliphatic carboxylic acids is 1. The van der Waals surface area contributed by atoms with E-state index >= 15 is 0 Å². The molecule has 1 rings (SSSR count). The number of carboxylic acids is 1. The maximum absolute atomic E-state index is 11.1. The van der Waals surface area contributed by atoms with Crippen LogP contribution in [0, 0.1) is 5.92 Å². The van der Waals surface area contributed by atoms with Crippen LogP contribution in [0.5, 0.6) is 0 Å². The normalized spacial score (nSPS) is 26.9. The fourth-order valence-electron chi connectivity index (χ4n) is 1.61. The van der Waals surface area contributed by atoms with E-state index in [9.17, 15) is 9.59 Å². The number of carbonyl (C=O) groups is 2. The first-order valence-electron chi connectivity index (χ1n) is 4.59. The van der Waals surface area contributed by atoms with Crippen molar-refractivity contribution in [2.24, 2.45) is 5.92 Å². The van der Waals surface area contributed by atoms with Crippen LogP contribution < -0.4 is 0 Å². The van der Waals surface area contributed by atoms with Crippen molar-refractivity contribution in [2.45, 2.75) is 32.4 Å². The summed E-state index contributed by atoms with van der Waals surface area (Å²) in [7, 11) is 1.45. The molecule has 2 atom stereocenters. The third-order valence-corrected chi connectivity index (χ3v) is 2.27. The summed E-state index contributed by atoms with van der Waals surface area (Å²) in [6.07, 6.45) is -0.499. The van der Waals surface area contributed by atoms with E-state index in [0.29, 0.717) is 12.3 Å². The minimum atomic E-state index is -1.01. The highest BCUT2D eigenvalue weighted by molar-refractivity contribution is 5.83. The average molecular weight is 201 g/mol. The van der Waals surface area contributed by atoms with Gasteiger partial charge in [0.15, 0.2) is 6.04 Å². The molecule has 80 valence electrons. The zero-order valence-electron chi connectivity index (χ0n) is 8.56. The average Bonchev–Trinajstić information content (AvgIpc) is 2.26. The van der Waals surface area contributed by atoms with Gasteiger partial charge in [0.1, 0.15) is 6.10 Å². The molecule has 1 aliphatic heterocycles. The van der Waals surface area contributed by atoms with Crippen molar-refractivity contribution in [1.82, 2.24) is 4.90 Å². The first-order chi connectivity index (χ1) is 6.43. The molecule has 1 N–H and O–H groups in total. The van der Waals surface area contributed by atoms with Gasteiger partial charge in [-0.2, -0.15) is 0 Å². The van der Waals surface area contributed by atoms with Gasteiger partial charge in [0.2, 0.25) is 0 Å². The molecule has 1 aliphatic rings. The molecule has 1 amide bonds. The van der Waals surface area contributed by atoms with Crippen LogP contribution in [0.1, 0.15) is 20.3 Å². The third-order valence-electron chi connectivity index (χ3n) is 2.27. The van der Waals surface area contributed by atoms with Gasteiger partial charge < -0.3 is 9.84 Å².